The molecule has 0 fully saturated rings. The molecule has 5 N–H and O–H groups in total. The van der Waals surface area contributed by atoms with Crippen LogP contribution < -0.4 is 21.7 Å². The first-order chi connectivity index (χ1) is 18.0. The number of nitrogens with zero attached hydrogens (tertiary/aromatic N) is 4. The Hall–Kier alpha value is -4.72. The number of carbonyl (C=O) groups is 2. The number of alkyl halides is 3. The smallest absolute Gasteiger partial charge is 0.398 e. The second-order valence-electron chi connectivity index (χ2n) is 7.81. The number of hydrogen-bond donors (Lipinski definition) is 4. The number of benzene rings is 1. The number of nitrogens with one attached hydrogen (secondary N) is 3. The Bertz CT molecular complexity index is 1480. The molecule has 0 bridgehead atoms. The van der Waals surface area contributed by atoms with Crippen molar-refractivity contribution in [1.29, 1.82) is 0 Å². The minimum Gasteiger partial charge on any atom is -0.398 e. The SMILES string of the molecule is C[C@@H](NC(=O)c1ncnc(Nc2ccncc2)c1Cl)c1cc(C(=O)Nc2ccc(N)c(C(F)(F)F)c2)on1. The van der Waals surface area contributed by atoms with Crippen LogP contribution in [0.15, 0.2) is 59.6 Å². The fourth-order valence-corrected chi connectivity index (χ4v) is 3.43. The van der Waals surface area contributed by atoms with E-state index in [2.05, 4.69) is 36.1 Å². The molecule has 15 heteroatoms. The fourth-order valence-electron chi connectivity index (χ4n) is 3.20. The highest BCUT2D eigenvalue weighted by Gasteiger charge is 2.33. The average Bonchev–Trinajstić information content (AvgIpc) is 3.37. The molecule has 1 aromatic carbocycles. The maximum Gasteiger partial charge on any atom is 0.418 e. The summed E-state index contributed by atoms with van der Waals surface area (Å²) >= 11 is 6.33. The lowest BCUT2D eigenvalue weighted by atomic mass is 10.1. The van der Waals surface area contributed by atoms with Gasteiger partial charge in [-0.2, -0.15) is 13.2 Å². The molecule has 38 heavy (non-hydrogen) atoms. The van der Waals surface area contributed by atoms with E-state index in [0.717, 1.165) is 12.4 Å². The van der Waals surface area contributed by atoms with Crippen molar-refractivity contribution in [3.8, 4) is 0 Å². The standard InChI is InChI=1S/C23H18ClF3N8O3/c1-11(32-22(37)19-18(24)20(31-10-30-19)33-12-4-6-29-7-5-12)16-9-17(38-35-16)21(36)34-13-2-3-15(28)14(8-13)23(25,26)27/h2-11H,28H2,1H3,(H,32,37)(H,34,36)(H,29,30,31,33)/t11-/m1/s1. The fraction of sp³-hybridized carbons (Fsp3) is 0.130. The van der Waals surface area contributed by atoms with Crippen molar-refractivity contribution >= 4 is 46.3 Å². The number of amides is 2. The van der Waals surface area contributed by atoms with E-state index in [4.69, 9.17) is 21.9 Å². The third-order valence-corrected chi connectivity index (χ3v) is 5.47. The Morgan fingerprint density at radius 3 is 2.50 bits per heavy atom. The maximum absolute atomic E-state index is 13.1. The number of nitrogens with two attached hydrogens (primary N) is 1. The van der Waals surface area contributed by atoms with E-state index in [1.54, 1.807) is 31.5 Å². The third kappa shape index (κ3) is 5.98. The van der Waals surface area contributed by atoms with Crippen molar-refractivity contribution in [2.24, 2.45) is 0 Å². The number of hydrogen-bond acceptors (Lipinski definition) is 9. The zero-order valence-electron chi connectivity index (χ0n) is 19.4. The van der Waals surface area contributed by atoms with Gasteiger partial charge in [-0.05, 0) is 37.3 Å². The molecule has 0 aliphatic heterocycles. The van der Waals surface area contributed by atoms with Gasteiger partial charge in [0.25, 0.3) is 11.8 Å². The second kappa shape index (κ2) is 10.7. The van der Waals surface area contributed by atoms with Gasteiger partial charge in [0.2, 0.25) is 5.76 Å². The van der Waals surface area contributed by atoms with Gasteiger partial charge in [0.15, 0.2) is 11.5 Å². The van der Waals surface area contributed by atoms with Gasteiger partial charge in [-0.3, -0.25) is 14.6 Å². The Morgan fingerprint density at radius 2 is 1.79 bits per heavy atom. The number of pyridine rings is 1. The van der Waals surface area contributed by atoms with Crippen molar-refractivity contribution in [1.82, 2.24) is 25.4 Å². The topological polar surface area (TPSA) is 161 Å². The van der Waals surface area contributed by atoms with Crippen molar-refractivity contribution in [3.63, 3.8) is 0 Å². The second-order valence-corrected chi connectivity index (χ2v) is 8.19. The molecule has 3 heterocycles. The molecule has 0 radical (unpaired) electrons. The number of aromatic nitrogens is 4. The molecule has 4 aromatic rings. The molecule has 0 spiro atoms. The number of rotatable bonds is 7. The van der Waals surface area contributed by atoms with Crippen LogP contribution >= 0.6 is 11.6 Å². The first kappa shape index (κ1) is 26.3. The highest BCUT2D eigenvalue weighted by molar-refractivity contribution is 6.35. The van der Waals surface area contributed by atoms with E-state index < -0.39 is 35.3 Å². The summed E-state index contributed by atoms with van der Waals surface area (Å²) in [6.45, 7) is 1.57. The van der Waals surface area contributed by atoms with Crippen LogP contribution in [0.1, 0.15) is 45.3 Å². The van der Waals surface area contributed by atoms with Crippen molar-refractivity contribution in [3.05, 3.63) is 82.9 Å². The van der Waals surface area contributed by atoms with Crippen LogP contribution in [0.2, 0.25) is 5.02 Å². The molecule has 0 unspecified atom stereocenters. The summed E-state index contributed by atoms with van der Waals surface area (Å²) in [6, 6.07) is 6.78. The molecular formula is C23H18ClF3N8O3. The molecule has 0 aliphatic rings. The van der Waals surface area contributed by atoms with Gasteiger partial charge in [-0.15, -0.1) is 0 Å². The van der Waals surface area contributed by atoms with Gasteiger partial charge in [-0.25, -0.2) is 9.97 Å². The average molecular weight is 547 g/mol. The van der Waals surface area contributed by atoms with Crippen LogP contribution in [0.3, 0.4) is 0 Å². The monoisotopic (exact) mass is 546 g/mol. The van der Waals surface area contributed by atoms with E-state index in [1.807, 2.05) is 0 Å². The molecule has 4 rings (SSSR count). The van der Waals surface area contributed by atoms with E-state index >= 15 is 0 Å². The minimum absolute atomic E-state index is 0.0315. The molecule has 2 amide bonds. The predicted molar refractivity (Wildman–Crippen MR) is 131 cm³/mol. The Balaban J connectivity index is 1.43. The highest BCUT2D eigenvalue weighted by Crippen LogP contribution is 2.35. The van der Waals surface area contributed by atoms with Gasteiger partial charge in [0.1, 0.15) is 17.0 Å². The summed E-state index contributed by atoms with van der Waals surface area (Å²) < 4.78 is 44.2. The lowest BCUT2D eigenvalue weighted by Crippen LogP contribution is -2.28. The maximum atomic E-state index is 13.1. The van der Waals surface area contributed by atoms with Gasteiger partial charge >= 0.3 is 6.18 Å². The lowest BCUT2D eigenvalue weighted by molar-refractivity contribution is -0.136. The normalized spacial score (nSPS) is 12.0. The third-order valence-electron chi connectivity index (χ3n) is 5.11. The van der Waals surface area contributed by atoms with Crippen molar-refractivity contribution < 1.29 is 27.3 Å². The first-order valence-corrected chi connectivity index (χ1v) is 11.1. The number of anilines is 4. The zero-order valence-corrected chi connectivity index (χ0v) is 20.1. The molecule has 3 aromatic heterocycles. The summed E-state index contributed by atoms with van der Waals surface area (Å²) in [5, 5.41) is 11.6. The van der Waals surface area contributed by atoms with Gasteiger partial charge in [0, 0.05) is 35.5 Å². The summed E-state index contributed by atoms with van der Waals surface area (Å²) in [5.41, 5.74) is 4.34. The summed E-state index contributed by atoms with van der Waals surface area (Å²) in [4.78, 5) is 37.2. The van der Waals surface area contributed by atoms with Gasteiger partial charge in [0.05, 0.1) is 11.6 Å². The zero-order chi connectivity index (χ0) is 27.4. The van der Waals surface area contributed by atoms with Crippen LogP contribution in [0.25, 0.3) is 0 Å². The van der Waals surface area contributed by atoms with Crippen molar-refractivity contribution in [2.45, 2.75) is 19.1 Å². The molecule has 0 saturated heterocycles. The predicted octanol–water partition coefficient (Wildman–Crippen LogP) is 4.60. The molecule has 0 saturated carbocycles. The Morgan fingerprint density at radius 1 is 1.05 bits per heavy atom. The van der Waals surface area contributed by atoms with Gasteiger partial charge in [-0.1, -0.05) is 16.8 Å². The molecule has 1 atom stereocenters. The first-order valence-electron chi connectivity index (χ1n) is 10.8. The summed E-state index contributed by atoms with van der Waals surface area (Å²) in [7, 11) is 0. The number of halogens is 4. The summed E-state index contributed by atoms with van der Waals surface area (Å²) in [6.07, 6.45) is -0.404. The van der Waals surface area contributed by atoms with Crippen molar-refractivity contribution in [2.75, 3.05) is 16.4 Å². The summed E-state index contributed by atoms with van der Waals surface area (Å²) in [5.74, 6) is -1.61. The highest BCUT2D eigenvalue weighted by atomic mass is 35.5. The quantitative estimate of drug-likeness (QED) is 0.243. The Kier molecular flexibility index (Phi) is 7.43. The van der Waals surface area contributed by atoms with E-state index in [1.165, 1.54) is 12.1 Å². The van der Waals surface area contributed by atoms with E-state index in [0.29, 0.717) is 11.8 Å². The number of carbonyl (C=O) groups excluding carboxylic acids is 2. The van der Waals surface area contributed by atoms with E-state index in [9.17, 15) is 22.8 Å². The number of nitrogen functional groups attached to an aromatic ring is 1. The molecular weight excluding hydrogens is 529 g/mol. The minimum atomic E-state index is -4.69. The van der Waals surface area contributed by atoms with Gasteiger partial charge < -0.3 is 26.2 Å². The largest absolute Gasteiger partial charge is 0.418 e. The molecule has 0 aliphatic carbocycles. The molecule has 196 valence electrons. The van der Waals surface area contributed by atoms with Crippen LogP contribution in [0.5, 0.6) is 0 Å². The van der Waals surface area contributed by atoms with E-state index in [-0.39, 0.29) is 33.7 Å². The molecule has 11 nitrogen and oxygen atoms in total. The van der Waals surface area contributed by atoms with Crippen LogP contribution in [0.4, 0.5) is 36.1 Å². The Labute approximate surface area is 217 Å². The van der Waals surface area contributed by atoms with Crippen LogP contribution in [0, 0.1) is 0 Å². The van der Waals surface area contributed by atoms with Crippen LogP contribution in [-0.2, 0) is 6.18 Å². The van der Waals surface area contributed by atoms with Crippen LogP contribution in [-0.4, -0.2) is 31.9 Å². The lowest BCUT2D eigenvalue weighted by Gasteiger charge is -2.13.